The fraction of sp³-hybridized carbons (Fsp3) is 0.316. The molecule has 154 valence electrons. The van der Waals surface area contributed by atoms with E-state index in [1.807, 2.05) is 24.4 Å². The first-order valence-electron chi connectivity index (χ1n) is 9.02. The van der Waals surface area contributed by atoms with E-state index in [0.717, 1.165) is 40.4 Å². The van der Waals surface area contributed by atoms with Gasteiger partial charge in [-0.2, -0.15) is 4.31 Å². The van der Waals surface area contributed by atoms with Crippen molar-refractivity contribution in [1.82, 2.24) is 14.2 Å². The molecule has 0 spiro atoms. The molecule has 0 radical (unpaired) electrons. The largest absolute Gasteiger partial charge is 0.459 e. The number of hydrogen-bond acceptors (Lipinski definition) is 6. The van der Waals surface area contributed by atoms with Crippen LogP contribution in [0.15, 0.2) is 45.0 Å². The molecule has 6 nitrogen and oxygen atoms in total. The van der Waals surface area contributed by atoms with Gasteiger partial charge in [-0.1, -0.05) is 0 Å². The summed E-state index contributed by atoms with van der Waals surface area (Å²) in [7, 11) is -4.08. The number of halogens is 2. The van der Waals surface area contributed by atoms with Gasteiger partial charge in [-0.05, 0) is 37.3 Å². The number of hydrogen-bond donors (Lipinski definition) is 0. The molecule has 3 aromatic rings. The molecule has 0 saturated carbocycles. The molecule has 1 fully saturated rings. The summed E-state index contributed by atoms with van der Waals surface area (Å²) in [5.41, 5.74) is 0.881. The zero-order valence-corrected chi connectivity index (χ0v) is 17.3. The average molecular weight is 440 g/mol. The molecule has 0 bridgehead atoms. The van der Waals surface area contributed by atoms with Crippen LogP contribution in [0.1, 0.15) is 11.5 Å². The minimum Gasteiger partial charge on any atom is -0.459 e. The van der Waals surface area contributed by atoms with Crippen molar-refractivity contribution in [3.63, 3.8) is 0 Å². The lowest BCUT2D eigenvalue weighted by Crippen LogP contribution is -2.48. The Morgan fingerprint density at radius 2 is 1.90 bits per heavy atom. The molecule has 3 heterocycles. The van der Waals surface area contributed by atoms with Crippen LogP contribution in [0.2, 0.25) is 0 Å². The van der Waals surface area contributed by atoms with E-state index in [1.54, 1.807) is 0 Å². The van der Waals surface area contributed by atoms with Crippen molar-refractivity contribution in [3.05, 3.63) is 58.8 Å². The highest BCUT2D eigenvalue weighted by Crippen LogP contribution is 2.27. The van der Waals surface area contributed by atoms with Gasteiger partial charge in [-0.25, -0.2) is 22.2 Å². The van der Waals surface area contributed by atoms with Gasteiger partial charge in [0.15, 0.2) is 10.8 Å². The summed E-state index contributed by atoms with van der Waals surface area (Å²) in [4.78, 5) is 6.05. The van der Waals surface area contributed by atoms with Crippen LogP contribution < -0.4 is 0 Å². The number of rotatable bonds is 5. The van der Waals surface area contributed by atoms with E-state index >= 15 is 0 Å². The number of aromatic nitrogens is 1. The molecule has 29 heavy (non-hydrogen) atoms. The lowest BCUT2D eigenvalue weighted by molar-refractivity contribution is 0.180. The van der Waals surface area contributed by atoms with E-state index < -0.39 is 26.6 Å². The van der Waals surface area contributed by atoms with Gasteiger partial charge in [-0.15, -0.1) is 11.3 Å². The Kier molecular flexibility index (Phi) is 5.52. The Morgan fingerprint density at radius 1 is 1.14 bits per heavy atom. The maximum absolute atomic E-state index is 13.9. The van der Waals surface area contributed by atoms with Gasteiger partial charge in [0, 0.05) is 38.1 Å². The maximum Gasteiger partial charge on any atom is 0.246 e. The first kappa shape index (κ1) is 20.1. The minimum atomic E-state index is -4.08. The van der Waals surface area contributed by atoms with Gasteiger partial charge in [0.25, 0.3) is 0 Å². The first-order chi connectivity index (χ1) is 13.8. The second kappa shape index (κ2) is 7.94. The summed E-state index contributed by atoms with van der Waals surface area (Å²) in [5, 5.41) is 2.76. The molecule has 0 amide bonds. The number of nitrogens with zero attached hydrogens (tertiary/aromatic N) is 3. The summed E-state index contributed by atoms with van der Waals surface area (Å²) in [6.45, 7) is 3.81. The predicted octanol–water partition coefficient (Wildman–Crippen LogP) is 3.50. The van der Waals surface area contributed by atoms with Crippen LogP contribution in [0.5, 0.6) is 0 Å². The number of benzene rings is 1. The van der Waals surface area contributed by atoms with Crippen LogP contribution in [-0.2, 0) is 16.6 Å². The molecule has 10 heteroatoms. The Hall–Kier alpha value is -2.14. The maximum atomic E-state index is 13.9. The molecular formula is C19H19F2N3O3S2. The Bertz CT molecular complexity index is 1120. The lowest BCUT2D eigenvalue weighted by Gasteiger charge is -2.33. The molecule has 1 aromatic carbocycles. The molecule has 0 aliphatic carbocycles. The van der Waals surface area contributed by atoms with Crippen LogP contribution in [0.25, 0.3) is 10.8 Å². The highest BCUT2D eigenvalue weighted by Gasteiger charge is 2.31. The SMILES string of the molecule is Cc1ccc(-c2nc(CN3CCN(S(=O)(=O)c4cc(F)ccc4F)CC3)cs2)o1. The molecule has 0 atom stereocenters. The molecule has 2 aromatic heterocycles. The number of aryl methyl sites for hydroxylation is 1. The zero-order chi connectivity index (χ0) is 20.6. The molecule has 1 aliphatic rings. The van der Waals surface area contributed by atoms with E-state index in [2.05, 4.69) is 9.88 Å². The van der Waals surface area contributed by atoms with Crippen LogP contribution in [0.4, 0.5) is 8.78 Å². The summed E-state index contributed by atoms with van der Waals surface area (Å²) >= 11 is 1.49. The van der Waals surface area contributed by atoms with E-state index in [1.165, 1.54) is 15.6 Å². The van der Waals surface area contributed by atoms with Gasteiger partial charge >= 0.3 is 0 Å². The van der Waals surface area contributed by atoms with Crippen LogP contribution >= 0.6 is 11.3 Å². The lowest BCUT2D eigenvalue weighted by atomic mass is 10.3. The van der Waals surface area contributed by atoms with Crippen molar-refractivity contribution in [1.29, 1.82) is 0 Å². The fourth-order valence-electron chi connectivity index (χ4n) is 3.21. The molecule has 1 saturated heterocycles. The quantitative estimate of drug-likeness (QED) is 0.609. The van der Waals surface area contributed by atoms with Crippen molar-refractivity contribution in [2.45, 2.75) is 18.4 Å². The van der Waals surface area contributed by atoms with E-state index in [-0.39, 0.29) is 13.1 Å². The van der Waals surface area contributed by atoms with Crippen LogP contribution in [0, 0.1) is 18.6 Å². The summed E-state index contributed by atoms with van der Waals surface area (Å²) in [5.74, 6) is -0.178. The van der Waals surface area contributed by atoms with Crippen LogP contribution in [0.3, 0.4) is 0 Å². The number of thiazole rings is 1. The van der Waals surface area contributed by atoms with Gasteiger partial charge in [0.2, 0.25) is 10.0 Å². The molecular weight excluding hydrogens is 420 g/mol. The number of sulfonamides is 1. The second-order valence-corrected chi connectivity index (χ2v) is 9.57. The number of piperazine rings is 1. The fourth-order valence-corrected chi connectivity index (χ4v) is 5.48. The monoisotopic (exact) mass is 439 g/mol. The molecule has 0 unspecified atom stereocenters. The predicted molar refractivity (Wildman–Crippen MR) is 105 cm³/mol. The van der Waals surface area contributed by atoms with Gasteiger partial charge < -0.3 is 4.42 Å². The standard InChI is InChI=1S/C19H19F2N3O3S2/c1-13-2-5-17(27-13)19-22-15(12-28-19)11-23-6-8-24(9-7-23)29(25,26)18-10-14(20)3-4-16(18)21/h2-5,10,12H,6-9,11H2,1H3. The molecule has 4 rings (SSSR count). The molecule has 1 aliphatic heterocycles. The third-order valence-corrected chi connectivity index (χ3v) is 7.55. The smallest absolute Gasteiger partial charge is 0.246 e. The third kappa shape index (κ3) is 4.25. The topological polar surface area (TPSA) is 66.7 Å². The summed E-state index contributed by atoms with van der Waals surface area (Å²) in [6, 6.07) is 6.23. The van der Waals surface area contributed by atoms with Crippen molar-refractivity contribution in [2.75, 3.05) is 26.2 Å². The van der Waals surface area contributed by atoms with Gasteiger partial charge in [-0.3, -0.25) is 4.90 Å². The van der Waals surface area contributed by atoms with Crippen molar-refractivity contribution in [2.24, 2.45) is 0 Å². The minimum absolute atomic E-state index is 0.201. The normalized spacial score (nSPS) is 16.4. The summed E-state index contributed by atoms with van der Waals surface area (Å²) in [6.07, 6.45) is 0. The zero-order valence-electron chi connectivity index (χ0n) is 15.6. The Morgan fingerprint density at radius 3 is 2.59 bits per heavy atom. The van der Waals surface area contributed by atoms with Gasteiger partial charge in [0.05, 0.1) is 5.69 Å². The van der Waals surface area contributed by atoms with Crippen molar-refractivity contribution < 1.29 is 21.6 Å². The van der Waals surface area contributed by atoms with Crippen molar-refractivity contribution >= 4 is 21.4 Å². The van der Waals surface area contributed by atoms with E-state index in [9.17, 15) is 17.2 Å². The Balaban J connectivity index is 1.40. The van der Waals surface area contributed by atoms with E-state index in [4.69, 9.17) is 4.42 Å². The highest BCUT2D eigenvalue weighted by atomic mass is 32.2. The second-order valence-electron chi connectivity index (χ2n) is 6.81. The first-order valence-corrected chi connectivity index (χ1v) is 11.3. The summed E-state index contributed by atoms with van der Waals surface area (Å²) < 4.78 is 59.5. The average Bonchev–Trinajstić information content (AvgIpc) is 3.33. The van der Waals surface area contributed by atoms with Crippen molar-refractivity contribution in [3.8, 4) is 10.8 Å². The van der Waals surface area contributed by atoms with Gasteiger partial charge in [0.1, 0.15) is 22.3 Å². The van der Waals surface area contributed by atoms with E-state index in [0.29, 0.717) is 19.6 Å². The number of furan rings is 1. The third-order valence-electron chi connectivity index (χ3n) is 4.73. The Labute approximate surface area is 171 Å². The molecule has 0 N–H and O–H groups in total. The highest BCUT2D eigenvalue weighted by molar-refractivity contribution is 7.89. The van der Waals surface area contributed by atoms with Crippen LogP contribution in [-0.4, -0.2) is 48.8 Å².